The van der Waals surface area contributed by atoms with Crippen molar-refractivity contribution in [2.24, 2.45) is 11.4 Å². The van der Waals surface area contributed by atoms with Gasteiger partial charge in [0.25, 0.3) is 0 Å². The average molecular weight is 215 g/mol. The molecular formula is C9H17N3OS. The van der Waals surface area contributed by atoms with Crippen molar-refractivity contribution in [1.29, 1.82) is 0 Å². The molecule has 0 aliphatic heterocycles. The highest BCUT2D eigenvalue weighted by Gasteiger charge is 2.11. The van der Waals surface area contributed by atoms with Crippen molar-refractivity contribution in [2.45, 2.75) is 19.8 Å². The Kier molecular flexibility index (Phi) is 2.99. The van der Waals surface area contributed by atoms with Crippen molar-refractivity contribution in [3.05, 3.63) is 11.9 Å². The third-order valence-electron chi connectivity index (χ3n) is 1.70. The maximum Gasteiger partial charge on any atom is 0.114 e. The normalized spacial score (nSPS) is 12.1. The first-order valence-electron chi connectivity index (χ1n) is 4.50. The van der Waals surface area contributed by atoms with Crippen LogP contribution in [0.5, 0.6) is 0 Å². The SMILES string of the molecule is CC(C)c1nn(C)cc1N=S(C)(C)=O. The van der Waals surface area contributed by atoms with Crippen molar-refractivity contribution in [2.75, 3.05) is 12.5 Å². The summed E-state index contributed by atoms with van der Waals surface area (Å²) in [6.45, 7) is 4.10. The quantitative estimate of drug-likeness (QED) is 0.756. The van der Waals surface area contributed by atoms with Crippen LogP contribution >= 0.6 is 0 Å². The lowest BCUT2D eigenvalue weighted by atomic mass is 10.1. The van der Waals surface area contributed by atoms with Crippen LogP contribution in [-0.2, 0) is 16.8 Å². The third-order valence-corrected chi connectivity index (χ3v) is 2.34. The largest absolute Gasteiger partial charge is 0.273 e. The summed E-state index contributed by atoms with van der Waals surface area (Å²) < 4.78 is 17.4. The van der Waals surface area contributed by atoms with Gasteiger partial charge in [-0.3, -0.25) is 4.68 Å². The van der Waals surface area contributed by atoms with E-state index in [0.29, 0.717) is 5.92 Å². The molecule has 1 aromatic heterocycles. The summed E-state index contributed by atoms with van der Waals surface area (Å²) in [7, 11) is -0.253. The Balaban J connectivity index is 3.28. The lowest BCUT2D eigenvalue weighted by Gasteiger charge is -2.01. The van der Waals surface area contributed by atoms with E-state index < -0.39 is 9.73 Å². The van der Waals surface area contributed by atoms with Gasteiger partial charge in [0.2, 0.25) is 0 Å². The average Bonchev–Trinajstić information content (AvgIpc) is 2.27. The molecule has 0 aliphatic carbocycles. The predicted molar refractivity (Wildman–Crippen MR) is 59.4 cm³/mol. The van der Waals surface area contributed by atoms with Gasteiger partial charge in [-0.25, -0.2) is 4.21 Å². The van der Waals surface area contributed by atoms with Crippen LogP contribution in [0.1, 0.15) is 25.5 Å². The van der Waals surface area contributed by atoms with E-state index in [-0.39, 0.29) is 0 Å². The lowest BCUT2D eigenvalue weighted by molar-refractivity contribution is 0.684. The molecule has 0 aliphatic rings. The van der Waals surface area contributed by atoms with E-state index in [2.05, 4.69) is 23.3 Å². The van der Waals surface area contributed by atoms with Gasteiger partial charge in [-0.2, -0.15) is 9.46 Å². The summed E-state index contributed by atoms with van der Waals surface area (Å²) in [4.78, 5) is 0. The molecule has 1 rings (SSSR count). The van der Waals surface area contributed by atoms with Crippen molar-refractivity contribution in [3.63, 3.8) is 0 Å². The molecule has 0 bridgehead atoms. The van der Waals surface area contributed by atoms with Gasteiger partial charge in [-0.15, -0.1) is 0 Å². The Morgan fingerprint density at radius 3 is 2.50 bits per heavy atom. The summed E-state index contributed by atoms with van der Waals surface area (Å²) in [6, 6.07) is 0. The van der Waals surface area contributed by atoms with E-state index >= 15 is 0 Å². The zero-order chi connectivity index (χ0) is 10.9. The van der Waals surface area contributed by atoms with Gasteiger partial charge in [-0.1, -0.05) is 13.8 Å². The molecule has 0 amide bonds. The van der Waals surface area contributed by atoms with Gasteiger partial charge in [0, 0.05) is 29.3 Å². The van der Waals surface area contributed by atoms with Crippen LogP contribution in [0.2, 0.25) is 0 Å². The molecule has 0 saturated heterocycles. The van der Waals surface area contributed by atoms with Gasteiger partial charge in [-0.05, 0) is 5.92 Å². The summed E-state index contributed by atoms with van der Waals surface area (Å²) >= 11 is 0. The Bertz CT molecular complexity index is 431. The summed E-state index contributed by atoms with van der Waals surface area (Å²) in [5.41, 5.74) is 1.65. The van der Waals surface area contributed by atoms with Crippen LogP contribution in [0.15, 0.2) is 10.6 Å². The molecule has 0 atom stereocenters. The van der Waals surface area contributed by atoms with E-state index in [0.717, 1.165) is 11.4 Å². The first-order chi connectivity index (χ1) is 6.29. The molecule has 4 nitrogen and oxygen atoms in total. The zero-order valence-electron chi connectivity index (χ0n) is 9.31. The molecule has 1 heterocycles. The number of hydrogen-bond donors (Lipinski definition) is 0. The highest BCUT2D eigenvalue weighted by molar-refractivity contribution is 7.92. The summed E-state index contributed by atoms with van der Waals surface area (Å²) in [5.74, 6) is 0.302. The molecule has 0 N–H and O–H groups in total. The Labute approximate surface area is 85.5 Å². The van der Waals surface area contributed by atoms with Crippen molar-refractivity contribution >= 4 is 15.4 Å². The molecule has 1 aromatic rings. The van der Waals surface area contributed by atoms with Crippen molar-refractivity contribution < 1.29 is 4.21 Å². The highest BCUT2D eigenvalue weighted by Crippen LogP contribution is 2.25. The van der Waals surface area contributed by atoms with E-state index in [1.54, 1.807) is 17.2 Å². The first kappa shape index (κ1) is 11.2. The van der Waals surface area contributed by atoms with Gasteiger partial charge >= 0.3 is 0 Å². The molecular weight excluding hydrogens is 198 g/mol. The minimum Gasteiger partial charge on any atom is -0.273 e. The second-order valence-electron chi connectivity index (χ2n) is 4.00. The topological polar surface area (TPSA) is 47.2 Å². The number of aryl methyl sites for hydroxylation is 1. The van der Waals surface area contributed by atoms with Crippen molar-refractivity contribution in [3.8, 4) is 0 Å². The maximum absolute atomic E-state index is 11.5. The molecule has 0 unspecified atom stereocenters. The molecule has 0 spiro atoms. The van der Waals surface area contributed by atoms with Gasteiger partial charge in [0.1, 0.15) is 5.69 Å². The van der Waals surface area contributed by atoms with Crippen LogP contribution in [0, 0.1) is 0 Å². The number of rotatable bonds is 2. The van der Waals surface area contributed by atoms with E-state index in [9.17, 15) is 4.21 Å². The number of nitrogens with zero attached hydrogens (tertiary/aromatic N) is 3. The molecule has 14 heavy (non-hydrogen) atoms. The predicted octanol–water partition coefficient (Wildman–Crippen LogP) is 1.90. The van der Waals surface area contributed by atoms with E-state index in [1.165, 1.54) is 0 Å². The zero-order valence-corrected chi connectivity index (χ0v) is 10.1. The summed E-state index contributed by atoms with van der Waals surface area (Å²) in [6.07, 6.45) is 5.07. The van der Waals surface area contributed by atoms with E-state index in [1.807, 2.05) is 13.2 Å². The number of aromatic nitrogens is 2. The number of hydrogen-bond acceptors (Lipinski definition) is 3. The minimum atomic E-state index is -2.10. The Morgan fingerprint density at radius 1 is 1.50 bits per heavy atom. The van der Waals surface area contributed by atoms with E-state index in [4.69, 9.17) is 0 Å². The fourth-order valence-electron chi connectivity index (χ4n) is 1.21. The molecule has 0 saturated carbocycles. The Hall–Kier alpha value is -0.840. The standard InChI is InChI=1S/C9H17N3OS/c1-7(2)9-8(6-12(3)10-9)11-14(4,5)13/h6-7H,1-5H3. The van der Waals surface area contributed by atoms with Gasteiger partial charge < -0.3 is 0 Å². The Morgan fingerprint density at radius 2 is 2.07 bits per heavy atom. The van der Waals surface area contributed by atoms with Crippen LogP contribution in [0.3, 0.4) is 0 Å². The van der Waals surface area contributed by atoms with Crippen LogP contribution in [0.25, 0.3) is 0 Å². The molecule has 80 valence electrons. The molecule has 5 heteroatoms. The fourth-order valence-corrected chi connectivity index (χ4v) is 1.83. The van der Waals surface area contributed by atoms with Crippen molar-refractivity contribution in [1.82, 2.24) is 9.78 Å². The van der Waals surface area contributed by atoms with Crippen LogP contribution in [-0.4, -0.2) is 26.5 Å². The van der Waals surface area contributed by atoms with Gasteiger partial charge in [0.15, 0.2) is 0 Å². The molecule has 0 radical (unpaired) electrons. The minimum absolute atomic E-state index is 0.302. The second kappa shape index (κ2) is 3.73. The fraction of sp³-hybridized carbons (Fsp3) is 0.667. The smallest absolute Gasteiger partial charge is 0.114 e. The monoisotopic (exact) mass is 215 g/mol. The molecule has 0 aromatic carbocycles. The van der Waals surface area contributed by atoms with Crippen LogP contribution < -0.4 is 0 Å². The third kappa shape index (κ3) is 2.83. The lowest BCUT2D eigenvalue weighted by Crippen LogP contribution is -1.93. The highest BCUT2D eigenvalue weighted by atomic mass is 32.2. The second-order valence-corrected chi connectivity index (χ2v) is 6.55. The maximum atomic E-state index is 11.5. The van der Waals surface area contributed by atoms with Crippen LogP contribution in [0.4, 0.5) is 5.69 Å². The first-order valence-corrected chi connectivity index (χ1v) is 6.83. The molecule has 0 fully saturated rings. The summed E-state index contributed by atoms with van der Waals surface area (Å²) in [5, 5.41) is 4.29. The van der Waals surface area contributed by atoms with Gasteiger partial charge in [0.05, 0.1) is 11.9 Å².